The first-order valence-corrected chi connectivity index (χ1v) is 3.63. The van der Waals surface area contributed by atoms with Crippen molar-refractivity contribution in [3.8, 4) is 0 Å². The maximum Gasteiger partial charge on any atom is 0.214 e. The molecular weight excluding hydrogens is 255 g/mol. The molecular formula is C5H2ClFIN. The van der Waals surface area contributed by atoms with E-state index in [0.29, 0.717) is 0 Å². The molecule has 48 valence electrons. The van der Waals surface area contributed by atoms with Crippen molar-refractivity contribution in [2.24, 2.45) is 0 Å². The summed E-state index contributed by atoms with van der Waals surface area (Å²) in [7, 11) is 0. The lowest BCUT2D eigenvalue weighted by Gasteiger charge is -1.91. The lowest BCUT2D eigenvalue weighted by molar-refractivity contribution is 0.583. The summed E-state index contributed by atoms with van der Waals surface area (Å²) in [5, 5.41) is 0.218. The van der Waals surface area contributed by atoms with Gasteiger partial charge in [0.05, 0.1) is 3.57 Å². The van der Waals surface area contributed by atoms with Gasteiger partial charge in [0.15, 0.2) is 0 Å². The normalized spacial score (nSPS) is 9.67. The van der Waals surface area contributed by atoms with Crippen molar-refractivity contribution < 1.29 is 4.39 Å². The van der Waals surface area contributed by atoms with Crippen LogP contribution in [0.4, 0.5) is 4.39 Å². The highest BCUT2D eigenvalue weighted by atomic mass is 127. The second-order valence-electron chi connectivity index (χ2n) is 1.41. The number of aromatic nitrogens is 1. The summed E-state index contributed by atoms with van der Waals surface area (Å²) >= 11 is 7.44. The van der Waals surface area contributed by atoms with Crippen LogP contribution in [0.15, 0.2) is 12.1 Å². The monoisotopic (exact) mass is 257 g/mol. The molecule has 0 amide bonds. The number of hydrogen-bond donors (Lipinski definition) is 0. The summed E-state index contributed by atoms with van der Waals surface area (Å²) in [6, 6.07) is 2.85. The average Bonchev–Trinajstić information content (AvgIpc) is 1.80. The molecule has 0 aromatic carbocycles. The topological polar surface area (TPSA) is 12.9 Å². The fourth-order valence-electron chi connectivity index (χ4n) is 0.395. The van der Waals surface area contributed by atoms with E-state index in [9.17, 15) is 4.39 Å². The Morgan fingerprint density at radius 1 is 1.56 bits per heavy atom. The summed E-state index contributed by atoms with van der Waals surface area (Å²) in [6.07, 6.45) is 0. The number of rotatable bonds is 0. The van der Waals surface area contributed by atoms with Gasteiger partial charge in [-0.05, 0) is 34.7 Å². The van der Waals surface area contributed by atoms with E-state index >= 15 is 0 Å². The van der Waals surface area contributed by atoms with Gasteiger partial charge in [-0.25, -0.2) is 4.98 Å². The molecule has 1 rings (SSSR count). The Morgan fingerprint density at radius 3 is 2.67 bits per heavy atom. The second-order valence-corrected chi connectivity index (χ2v) is 2.93. The SMILES string of the molecule is Fc1ccc(I)c(Cl)n1. The van der Waals surface area contributed by atoms with Crippen molar-refractivity contribution in [3.05, 3.63) is 26.8 Å². The molecule has 9 heavy (non-hydrogen) atoms. The first-order chi connectivity index (χ1) is 4.20. The molecule has 1 heterocycles. The van der Waals surface area contributed by atoms with E-state index in [2.05, 4.69) is 4.98 Å². The zero-order valence-electron chi connectivity index (χ0n) is 4.24. The minimum absolute atomic E-state index is 0.218. The Labute approximate surface area is 70.4 Å². The predicted molar refractivity (Wildman–Crippen MR) is 41.9 cm³/mol. The number of pyridine rings is 1. The molecule has 0 aliphatic carbocycles. The molecule has 0 atom stereocenters. The van der Waals surface area contributed by atoms with Crippen molar-refractivity contribution in [3.63, 3.8) is 0 Å². The van der Waals surface area contributed by atoms with Crippen molar-refractivity contribution in [2.45, 2.75) is 0 Å². The van der Waals surface area contributed by atoms with Crippen LogP contribution in [0.3, 0.4) is 0 Å². The molecule has 0 unspecified atom stereocenters. The average molecular weight is 257 g/mol. The lowest BCUT2D eigenvalue weighted by atomic mass is 10.5. The molecule has 0 radical (unpaired) electrons. The Morgan fingerprint density at radius 2 is 2.22 bits per heavy atom. The van der Waals surface area contributed by atoms with E-state index < -0.39 is 5.95 Å². The molecule has 0 saturated heterocycles. The van der Waals surface area contributed by atoms with Gasteiger partial charge < -0.3 is 0 Å². The van der Waals surface area contributed by atoms with Gasteiger partial charge in [-0.3, -0.25) is 0 Å². The number of nitrogens with zero attached hydrogens (tertiary/aromatic N) is 1. The van der Waals surface area contributed by atoms with Gasteiger partial charge in [-0.15, -0.1) is 0 Å². The summed E-state index contributed by atoms with van der Waals surface area (Å²) in [5.41, 5.74) is 0. The van der Waals surface area contributed by atoms with E-state index in [1.54, 1.807) is 6.07 Å². The maximum atomic E-state index is 12.1. The van der Waals surface area contributed by atoms with Crippen LogP contribution in [0.25, 0.3) is 0 Å². The van der Waals surface area contributed by atoms with Crippen LogP contribution in [0.1, 0.15) is 0 Å². The van der Waals surface area contributed by atoms with Gasteiger partial charge >= 0.3 is 0 Å². The molecule has 0 N–H and O–H groups in total. The van der Waals surface area contributed by atoms with Gasteiger partial charge in [0.1, 0.15) is 5.15 Å². The molecule has 0 aliphatic heterocycles. The Kier molecular flexibility index (Phi) is 2.23. The zero-order chi connectivity index (χ0) is 6.85. The molecule has 0 bridgehead atoms. The second kappa shape index (κ2) is 2.79. The Bertz CT molecular complexity index is 228. The molecule has 4 heteroatoms. The predicted octanol–water partition coefficient (Wildman–Crippen LogP) is 2.48. The van der Waals surface area contributed by atoms with Gasteiger partial charge in [0.25, 0.3) is 0 Å². The summed E-state index contributed by atoms with van der Waals surface area (Å²) in [5.74, 6) is -0.541. The molecule has 1 nitrogen and oxygen atoms in total. The van der Waals surface area contributed by atoms with Crippen LogP contribution >= 0.6 is 34.2 Å². The van der Waals surface area contributed by atoms with Gasteiger partial charge in [0.2, 0.25) is 5.95 Å². The van der Waals surface area contributed by atoms with Crippen LogP contribution in [-0.4, -0.2) is 4.98 Å². The first-order valence-electron chi connectivity index (χ1n) is 2.17. The molecule has 0 fully saturated rings. The summed E-state index contributed by atoms with van der Waals surface area (Å²) < 4.78 is 12.9. The van der Waals surface area contributed by atoms with Crippen LogP contribution in [0.2, 0.25) is 5.15 Å². The number of hydrogen-bond acceptors (Lipinski definition) is 1. The van der Waals surface area contributed by atoms with Crippen molar-refractivity contribution >= 4 is 34.2 Å². The molecule has 1 aromatic heterocycles. The minimum atomic E-state index is -0.541. The number of halogens is 3. The molecule has 1 aromatic rings. The molecule has 0 saturated carbocycles. The quantitative estimate of drug-likeness (QED) is 0.514. The van der Waals surface area contributed by atoms with Crippen LogP contribution < -0.4 is 0 Å². The van der Waals surface area contributed by atoms with Crippen LogP contribution in [-0.2, 0) is 0 Å². The molecule has 0 spiro atoms. The third-order valence-electron chi connectivity index (χ3n) is 0.769. The fourth-order valence-corrected chi connectivity index (χ4v) is 0.839. The maximum absolute atomic E-state index is 12.1. The first kappa shape index (κ1) is 7.21. The highest BCUT2D eigenvalue weighted by Crippen LogP contribution is 2.14. The molecule has 0 aliphatic rings. The van der Waals surface area contributed by atoms with E-state index in [1.165, 1.54) is 6.07 Å². The standard InChI is InChI=1S/C5H2ClFIN/c6-5-3(8)1-2-4(7)9-5/h1-2H. The largest absolute Gasteiger partial charge is 0.214 e. The summed E-state index contributed by atoms with van der Waals surface area (Å²) in [4.78, 5) is 3.36. The fraction of sp³-hybridized carbons (Fsp3) is 0. The van der Waals surface area contributed by atoms with E-state index in [1.807, 2.05) is 22.6 Å². The van der Waals surface area contributed by atoms with Gasteiger partial charge in [-0.1, -0.05) is 11.6 Å². The Hall–Kier alpha value is 0.1000. The zero-order valence-corrected chi connectivity index (χ0v) is 7.15. The Balaban J connectivity index is 3.17. The van der Waals surface area contributed by atoms with Gasteiger partial charge in [-0.2, -0.15) is 4.39 Å². The van der Waals surface area contributed by atoms with Crippen LogP contribution in [0, 0.1) is 9.52 Å². The van der Waals surface area contributed by atoms with Crippen LogP contribution in [0.5, 0.6) is 0 Å². The third-order valence-corrected chi connectivity index (χ3v) is 2.25. The van der Waals surface area contributed by atoms with E-state index in [4.69, 9.17) is 11.6 Å². The summed E-state index contributed by atoms with van der Waals surface area (Å²) in [6.45, 7) is 0. The van der Waals surface area contributed by atoms with E-state index in [0.717, 1.165) is 3.57 Å². The lowest BCUT2D eigenvalue weighted by Crippen LogP contribution is -1.83. The minimum Gasteiger partial charge on any atom is -0.207 e. The highest BCUT2D eigenvalue weighted by molar-refractivity contribution is 14.1. The van der Waals surface area contributed by atoms with Gasteiger partial charge in [0, 0.05) is 0 Å². The smallest absolute Gasteiger partial charge is 0.207 e. The van der Waals surface area contributed by atoms with Crippen molar-refractivity contribution in [2.75, 3.05) is 0 Å². The third kappa shape index (κ3) is 1.76. The van der Waals surface area contributed by atoms with Crippen molar-refractivity contribution in [1.82, 2.24) is 4.98 Å². The van der Waals surface area contributed by atoms with E-state index in [-0.39, 0.29) is 5.15 Å². The van der Waals surface area contributed by atoms with Crippen molar-refractivity contribution in [1.29, 1.82) is 0 Å². The highest BCUT2D eigenvalue weighted by Gasteiger charge is 1.97.